The highest BCUT2D eigenvalue weighted by Crippen LogP contribution is 2.38. The zero-order valence-electron chi connectivity index (χ0n) is 27.8. The smallest absolute Gasteiger partial charge is 0.274 e. The molecule has 4 N–H and O–H groups in total. The molecule has 3 aromatic heterocycles. The number of ether oxygens (including phenoxy) is 2. The normalized spacial score (nSPS) is 17.6. The number of nitrogens with zero attached hydrogens (tertiary/aromatic N) is 4. The summed E-state index contributed by atoms with van der Waals surface area (Å²) in [5, 5.41) is 19.6. The van der Waals surface area contributed by atoms with Gasteiger partial charge >= 0.3 is 0 Å². The number of methoxy groups -OCH3 is 2. The molecule has 2 unspecified atom stereocenters. The number of hydrogen-bond donors (Lipinski definition) is 4. The molecule has 2 amide bonds. The van der Waals surface area contributed by atoms with Crippen molar-refractivity contribution in [1.82, 2.24) is 30.5 Å². The molecule has 0 aliphatic carbocycles. The van der Waals surface area contributed by atoms with E-state index in [1.807, 2.05) is 43.3 Å². The Kier molecular flexibility index (Phi) is 10.7. The van der Waals surface area contributed by atoms with Gasteiger partial charge in [0.1, 0.15) is 11.4 Å². The van der Waals surface area contributed by atoms with E-state index in [-0.39, 0.29) is 29.7 Å². The van der Waals surface area contributed by atoms with E-state index in [0.29, 0.717) is 71.9 Å². The number of aliphatic hydroxyl groups is 1. The lowest BCUT2D eigenvalue weighted by molar-refractivity contribution is -0.119. The molecule has 0 saturated carbocycles. The van der Waals surface area contributed by atoms with Crippen LogP contribution in [0.4, 0.5) is 5.69 Å². The van der Waals surface area contributed by atoms with Gasteiger partial charge in [0.15, 0.2) is 0 Å². The Bertz CT molecular complexity index is 1850. The second-order valence-electron chi connectivity index (χ2n) is 12.3. The largest absolute Gasteiger partial charge is 0.496 e. The van der Waals surface area contributed by atoms with Gasteiger partial charge in [0, 0.05) is 91.6 Å². The lowest BCUT2D eigenvalue weighted by Crippen LogP contribution is -2.35. The van der Waals surface area contributed by atoms with Crippen molar-refractivity contribution in [1.29, 1.82) is 0 Å². The van der Waals surface area contributed by atoms with E-state index in [4.69, 9.17) is 26.1 Å². The summed E-state index contributed by atoms with van der Waals surface area (Å²) in [5.74, 6) is 0.747. The lowest BCUT2D eigenvalue weighted by Gasteiger charge is -2.17. The van der Waals surface area contributed by atoms with E-state index in [9.17, 15) is 14.7 Å². The number of aromatic nitrogens is 3. The number of amides is 2. The van der Waals surface area contributed by atoms with Crippen LogP contribution < -0.4 is 25.4 Å². The molecule has 0 bridgehead atoms. The Labute approximate surface area is 290 Å². The number of β-amino-alcohol motifs (C(OH)–C–C–N with tert-alkyl or cyclic N) is 1. The predicted molar refractivity (Wildman–Crippen MR) is 187 cm³/mol. The fourth-order valence-electron chi connectivity index (χ4n) is 6.28. The number of pyridine rings is 3. The van der Waals surface area contributed by atoms with Crippen LogP contribution in [0.25, 0.3) is 22.5 Å². The van der Waals surface area contributed by atoms with Gasteiger partial charge < -0.3 is 30.5 Å². The Morgan fingerprint density at radius 3 is 2.69 bits per heavy atom. The quantitative estimate of drug-likeness (QED) is 0.169. The van der Waals surface area contributed by atoms with E-state index in [1.54, 1.807) is 32.7 Å². The fraction of sp³-hybridized carbons (Fsp3) is 0.361. The second-order valence-corrected chi connectivity index (χ2v) is 12.7. The first-order valence-electron chi connectivity index (χ1n) is 16.3. The highest BCUT2D eigenvalue weighted by molar-refractivity contribution is 6.35. The maximum atomic E-state index is 13.4. The molecule has 12 nitrogen and oxygen atoms in total. The number of nitrogens with one attached hydrogen (secondary N) is 3. The number of likely N-dealkylation sites (tertiary alicyclic amines) is 1. The number of hydrogen-bond acceptors (Lipinski definition) is 10. The molecule has 256 valence electrons. The molecule has 2 saturated heterocycles. The molecule has 0 radical (unpaired) electrons. The van der Waals surface area contributed by atoms with E-state index < -0.39 is 0 Å². The van der Waals surface area contributed by atoms with E-state index in [0.717, 1.165) is 41.6 Å². The summed E-state index contributed by atoms with van der Waals surface area (Å²) >= 11 is 7.01. The molecule has 2 aliphatic heterocycles. The van der Waals surface area contributed by atoms with E-state index in [1.165, 1.54) is 0 Å². The van der Waals surface area contributed by atoms with Gasteiger partial charge in [-0.1, -0.05) is 29.8 Å². The van der Waals surface area contributed by atoms with E-state index >= 15 is 0 Å². The Hall–Kier alpha value is -4.62. The van der Waals surface area contributed by atoms with Gasteiger partial charge in [-0.2, -0.15) is 0 Å². The third kappa shape index (κ3) is 7.83. The van der Waals surface area contributed by atoms with Crippen molar-refractivity contribution in [2.45, 2.75) is 51.4 Å². The van der Waals surface area contributed by atoms with Crippen molar-refractivity contribution in [2.75, 3.05) is 39.2 Å². The second kappa shape index (κ2) is 15.3. The molecule has 2 aliphatic rings. The average Bonchev–Trinajstić information content (AvgIpc) is 3.72. The number of carbonyl (C=O) groups is 2. The fourth-order valence-corrected chi connectivity index (χ4v) is 6.59. The van der Waals surface area contributed by atoms with E-state index in [2.05, 4.69) is 30.8 Å². The minimum atomic E-state index is -0.381. The number of halogens is 1. The van der Waals surface area contributed by atoms with Crippen molar-refractivity contribution >= 4 is 29.1 Å². The Morgan fingerprint density at radius 1 is 1.10 bits per heavy atom. The van der Waals surface area contributed by atoms with Crippen LogP contribution in [0.2, 0.25) is 5.02 Å². The molecular weight excluding hydrogens is 646 g/mol. The first-order chi connectivity index (χ1) is 23.7. The van der Waals surface area contributed by atoms with Crippen LogP contribution in [-0.2, 0) is 17.9 Å². The summed E-state index contributed by atoms with van der Waals surface area (Å²) < 4.78 is 11.2. The minimum absolute atomic E-state index is 0.0895. The number of carbonyl (C=O) groups excluding carboxylic acids is 2. The van der Waals surface area contributed by atoms with Gasteiger partial charge in [0.25, 0.3) is 5.91 Å². The predicted octanol–water partition coefficient (Wildman–Crippen LogP) is 4.37. The van der Waals surface area contributed by atoms with Crippen molar-refractivity contribution < 1.29 is 24.2 Å². The standard InChI is InChI=1S/C36H40ClN7O5/c1-21-26(5-4-6-28(21)42-35(47)30-15-31(48-2)23(17-40-30)19-44-14-12-25(45)20-44)34-33(37)27(11-13-39-34)29-9-7-22(36(43-29)49-3)16-38-18-24-8-10-32(46)41-24/h4-7,9,11,13,15,17,24-25,38,45H,8,10,12,14,16,18-20H2,1-3H3,(H,41,46)(H,42,47). The van der Waals surface area contributed by atoms with Crippen LogP contribution in [0.1, 0.15) is 46.4 Å². The maximum Gasteiger partial charge on any atom is 0.274 e. The highest BCUT2D eigenvalue weighted by atomic mass is 35.5. The average molecular weight is 686 g/mol. The summed E-state index contributed by atoms with van der Waals surface area (Å²) in [6.07, 6.45) is 5.14. The highest BCUT2D eigenvalue weighted by Gasteiger charge is 2.23. The lowest BCUT2D eigenvalue weighted by atomic mass is 10.0. The zero-order valence-corrected chi connectivity index (χ0v) is 28.5. The molecule has 4 aromatic rings. The summed E-state index contributed by atoms with van der Waals surface area (Å²) in [6, 6.07) is 13.0. The molecule has 2 fully saturated rings. The Balaban J connectivity index is 1.18. The Morgan fingerprint density at radius 2 is 1.96 bits per heavy atom. The monoisotopic (exact) mass is 685 g/mol. The minimum Gasteiger partial charge on any atom is -0.496 e. The molecule has 0 spiro atoms. The molecule has 49 heavy (non-hydrogen) atoms. The number of aliphatic hydroxyl groups excluding tert-OH is 1. The maximum absolute atomic E-state index is 13.4. The molecule has 2 atom stereocenters. The third-order valence-electron chi connectivity index (χ3n) is 8.96. The summed E-state index contributed by atoms with van der Waals surface area (Å²) in [7, 11) is 3.14. The molecule has 13 heteroatoms. The third-order valence-corrected chi connectivity index (χ3v) is 9.35. The van der Waals surface area contributed by atoms with Gasteiger partial charge in [-0.05, 0) is 43.5 Å². The molecule has 1 aromatic carbocycles. The summed E-state index contributed by atoms with van der Waals surface area (Å²) in [4.78, 5) is 40.8. The number of rotatable bonds is 12. The van der Waals surface area contributed by atoms with Crippen LogP contribution >= 0.6 is 11.6 Å². The number of anilines is 1. The first-order valence-corrected chi connectivity index (χ1v) is 16.6. The first kappa shape index (κ1) is 34.3. The van der Waals surface area contributed by atoms with Crippen molar-refractivity contribution in [2.24, 2.45) is 0 Å². The molecule has 5 heterocycles. The molecular formula is C36H40ClN7O5. The van der Waals surface area contributed by atoms with Gasteiger partial charge in [-0.15, -0.1) is 0 Å². The van der Waals surface area contributed by atoms with Crippen molar-refractivity contribution in [3.8, 4) is 34.1 Å². The number of benzene rings is 1. The van der Waals surface area contributed by atoms with Gasteiger partial charge in [-0.25, -0.2) is 4.98 Å². The zero-order chi connectivity index (χ0) is 34.5. The summed E-state index contributed by atoms with van der Waals surface area (Å²) in [5.41, 5.74) is 5.94. The van der Waals surface area contributed by atoms with Crippen LogP contribution in [0.5, 0.6) is 11.6 Å². The van der Waals surface area contributed by atoms with Crippen LogP contribution in [-0.4, -0.2) is 82.8 Å². The van der Waals surface area contributed by atoms with Crippen molar-refractivity contribution in [3.05, 3.63) is 82.3 Å². The summed E-state index contributed by atoms with van der Waals surface area (Å²) in [6.45, 7) is 5.07. The SMILES string of the molecule is COc1cc(C(=O)Nc2cccc(-c3nccc(-c4ccc(CNCC5CCC(=O)N5)c(OC)n4)c3Cl)c2C)ncc1CN1CCC(O)C1. The topological polar surface area (TPSA) is 151 Å². The van der Waals surface area contributed by atoms with Crippen LogP contribution in [0.15, 0.2) is 54.9 Å². The van der Waals surface area contributed by atoms with Gasteiger partial charge in [0.2, 0.25) is 11.8 Å². The van der Waals surface area contributed by atoms with Gasteiger partial charge in [0.05, 0.1) is 36.7 Å². The van der Waals surface area contributed by atoms with Crippen LogP contribution in [0, 0.1) is 6.92 Å². The van der Waals surface area contributed by atoms with Crippen molar-refractivity contribution in [3.63, 3.8) is 0 Å². The molecule has 6 rings (SSSR count). The van der Waals surface area contributed by atoms with Crippen LogP contribution in [0.3, 0.4) is 0 Å². The van der Waals surface area contributed by atoms with Gasteiger partial charge in [-0.3, -0.25) is 24.5 Å².